The summed E-state index contributed by atoms with van der Waals surface area (Å²) in [7, 11) is 0. The zero-order valence-electron chi connectivity index (χ0n) is 5.77. The Balaban J connectivity index is 2.12. The summed E-state index contributed by atoms with van der Waals surface area (Å²) in [5.41, 5.74) is 0. The van der Waals surface area contributed by atoms with Gasteiger partial charge in [0.2, 0.25) is 0 Å². The molecule has 0 N–H and O–H groups in total. The lowest BCUT2D eigenvalue weighted by Gasteiger charge is -2.16. The van der Waals surface area contributed by atoms with Gasteiger partial charge in [0.15, 0.2) is 0 Å². The predicted octanol–water partition coefficient (Wildman–Crippen LogP) is 2.60. The third kappa shape index (κ3) is 3.40. The Kier molecular flexibility index (Phi) is 3.89. The summed E-state index contributed by atoms with van der Waals surface area (Å²) in [5.74, 6) is 0. The van der Waals surface area contributed by atoms with Gasteiger partial charge >= 0.3 is 0 Å². The Labute approximate surface area is 71.3 Å². The van der Waals surface area contributed by atoms with E-state index in [1.54, 1.807) is 0 Å². The van der Waals surface area contributed by atoms with Gasteiger partial charge in [-0.05, 0) is 12.8 Å². The molecular formula is C7H14IN. The van der Waals surface area contributed by atoms with E-state index in [1.807, 2.05) is 0 Å². The Morgan fingerprint density at radius 2 is 1.22 bits per heavy atom. The summed E-state index contributed by atoms with van der Waals surface area (Å²) >= 11 is 2.43. The molecule has 1 nitrogen and oxygen atoms in total. The van der Waals surface area contributed by atoms with Crippen LogP contribution in [0.3, 0.4) is 0 Å². The van der Waals surface area contributed by atoms with Crippen molar-refractivity contribution < 1.29 is 0 Å². The molecule has 1 fully saturated rings. The zero-order chi connectivity index (χ0) is 6.53. The maximum absolute atomic E-state index is 2.43. The summed E-state index contributed by atoms with van der Waals surface area (Å²) in [4.78, 5) is 0. The van der Waals surface area contributed by atoms with Crippen molar-refractivity contribution >= 4 is 22.9 Å². The molecule has 9 heavy (non-hydrogen) atoms. The molecule has 0 aromatic rings. The van der Waals surface area contributed by atoms with Crippen molar-refractivity contribution in [3.8, 4) is 0 Å². The fraction of sp³-hybridized carbons (Fsp3) is 1.00. The molecule has 0 atom stereocenters. The average molecular weight is 239 g/mol. The Hall–Kier alpha value is 0.690. The highest BCUT2D eigenvalue weighted by Crippen LogP contribution is 2.12. The number of hydrogen-bond donors (Lipinski definition) is 0. The Morgan fingerprint density at radius 1 is 0.778 bits per heavy atom. The summed E-state index contributed by atoms with van der Waals surface area (Å²) in [6.07, 6.45) is 7.16. The maximum Gasteiger partial charge on any atom is 0.0201 e. The minimum absolute atomic E-state index is 1.31. The van der Waals surface area contributed by atoms with Gasteiger partial charge in [0.05, 0.1) is 0 Å². The summed E-state index contributed by atoms with van der Waals surface area (Å²) in [6, 6.07) is 0. The van der Waals surface area contributed by atoms with Crippen LogP contribution in [0.15, 0.2) is 0 Å². The van der Waals surface area contributed by atoms with E-state index < -0.39 is 0 Å². The van der Waals surface area contributed by atoms with Crippen molar-refractivity contribution in [3.63, 3.8) is 0 Å². The highest BCUT2D eigenvalue weighted by molar-refractivity contribution is 14.1. The van der Waals surface area contributed by atoms with Crippen LogP contribution < -0.4 is 0 Å². The molecule has 0 saturated carbocycles. The smallest absolute Gasteiger partial charge is 0.0201 e. The first-order valence-electron chi connectivity index (χ1n) is 3.80. The SMILES string of the molecule is IN1CCCCCCC1. The van der Waals surface area contributed by atoms with Gasteiger partial charge in [-0.1, -0.05) is 19.3 Å². The van der Waals surface area contributed by atoms with Crippen molar-refractivity contribution in [2.75, 3.05) is 13.1 Å². The molecule has 0 aromatic carbocycles. The number of rotatable bonds is 0. The van der Waals surface area contributed by atoms with Crippen LogP contribution in [-0.2, 0) is 0 Å². The first-order valence-corrected chi connectivity index (χ1v) is 4.77. The van der Waals surface area contributed by atoms with Crippen molar-refractivity contribution in [2.24, 2.45) is 0 Å². The van der Waals surface area contributed by atoms with Gasteiger partial charge in [-0.2, -0.15) is 0 Å². The van der Waals surface area contributed by atoms with E-state index in [-0.39, 0.29) is 0 Å². The molecule has 0 unspecified atom stereocenters. The largest absolute Gasteiger partial charge is 0.248 e. The molecule has 1 rings (SSSR count). The normalized spacial score (nSPS) is 25.0. The summed E-state index contributed by atoms with van der Waals surface area (Å²) in [6.45, 7) is 2.61. The third-order valence-corrected chi connectivity index (χ3v) is 2.77. The maximum atomic E-state index is 2.43. The van der Waals surface area contributed by atoms with E-state index in [0.29, 0.717) is 0 Å². The van der Waals surface area contributed by atoms with Gasteiger partial charge in [-0.25, -0.2) is 3.11 Å². The summed E-state index contributed by atoms with van der Waals surface area (Å²) < 4.78 is 2.41. The standard InChI is InChI=1S/C7H14IN/c8-9-6-4-2-1-3-5-7-9/h1-7H2. The van der Waals surface area contributed by atoms with Gasteiger partial charge < -0.3 is 0 Å². The monoisotopic (exact) mass is 239 g/mol. The van der Waals surface area contributed by atoms with E-state index in [2.05, 4.69) is 26.0 Å². The molecule has 0 radical (unpaired) electrons. The van der Waals surface area contributed by atoms with E-state index >= 15 is 0 Å². The first kappa shape index (κ1) is 7.79. The van der Waals surface area contributed by atoms with Crippen LogP contribution in [0.4, 0.5) is 0 Å². The van der Waals surface area contributed by atoms with E-state index in [4.69, 9.17) is 0 Å². The molecule has 54 valence electrons. The summed E-state index contributed by atoms with van der Waals surface area (Å²) in [5, 5.41) is 0. The molecule has 1 aliphatic heterocycles. The fourth-order valence-corrected chi connectivity index (χ4v) is 1.89. The van der Waals surface area contributed by atoms with Gasteiger partial charge in [0.1, 0.15) is 0 Å². The van der Waals surface area contributed by atoms with Crippen LogP contribution in [0.1, 0.15) is 32.1 Å². The van der Waals surface area contributed by atoms with Crippen LogP contribution >= 0.6 is 22.9 Å². The van der Waals surface area contributed by atoms with Crippen LogP contribution in [0.5, 0.6) is 0 Å². The Morgan fingerprint density at radius 3 is 1.78 bits per heavy atom. The van der Waals surface area contributed by atoms with Gasteiger partial charge in [-0.3, -0.25) is 0 Å². The van der Waals surface area contributed by atoms with Crippen LogP contribution in [0.2, 0.25) is 0 Å². The van der Waals surface area contributed by atoms with Crippen LogP contribution in [0.25, 0.3) is 0 Å². The number of halogens is 1. The third-order valence-electron chi connectivity index (χ3n) is 1.80. The van der Waals surface area contributed by atoms with Gasteiger partial charge in [0.25, 0.3) is 0 Å². The minimum atomic E-state index is 1.31. The van der Waals surface area contributed by atoms with Crippen LogP contribution in [-0.4, -0.2) is 16.2 Å². The second-order valence-corrected chi connectivity index (χ2v) is 4.04. The van der Waals surface area contributed by atoms with E-state index in [9.17, 15) is 0 Å². The first-order chi connectivity index (χ1) is 4.39. The molecule has 1 aliphatic rings. The van der Waals surface area contributed by atoms with Crippen molar-refractivity contribution in [2.45, 2.75) is 32.1 Å². The van der Waals surface area contributed by atoms with Crippen molar-refractivity contribution in [1.29, 1.82) is 0 Å². The molecular weight excluding hydrogens is 225 g/mol. The van der Waals surface area contributed by atoms with Gasteiger partial charge in [-0.15, -0.1) is 0 Å². The zero-order valence-corrected chi connectivity index (χ0v) is 7.93. The van der Waals surface area contributed by atoms with Gasteiger partial charge in [0, 0.05) is 36.0 Å². The molecule has 2 heteroatoms. The lowest BCUT2D eigenvalue weighted by Crippen LogP contribution is -2.15. The molecule has 0 amide bonds. The highest BCUT2D eigenvalue weighted by Gasteiger charge is 2.02. The lowest BCUT2D eigenvalue weighted by molar-refractivity contribution is 0.423. The minimum Gasteiger partial charge on any atom is -0.248 e. The second kappa shape index (κ2) is 4.50. The van der Waals surface area contributed by atoms with Crippen molar-refractivity contribution in [3.05, 3.63) is 0 Å². The predicted molar refractivity (Wildman–Crippen MR) is 48.7 cm³/mol. The molecule has 0 aromatic heterocycles. The fourth-order valence-electron chi connectivity index (χ4n) is 1.21. The Bertz CT molecular complexity index is 67.3. The quantitative estimate of drug-likeness (QED) is 0.464. The molecule has 0 spiro atoms. The number of nitrogens with zero attached hydrogens (tertiary/aromatic N) is 1. The molecule has 0 aliphatic carbocycles. The molecule has 1 saturated heterocycles. The topological polar surface area (TPSA) is 3.24 Å². The second-order valence-electron chi connectivity index (χ2n) is 2.68. The average Bonchev–Trinajstić information content (AvgIpc) is 1.79. The highest BCUT2D eigenvalue weighted by atomic mass is 127. The lowest BCUT2D eigenvalue weighted by atomic mass is 10.1. The number of hydrogen-bond acceptors (Lipinski definition) is 1. The molecule has 0 bridgehead atoms. The van der Waals surface area contributed by atoms with Crippen LogP contribution in [0, 0.1) is 0 Å². The van der Waals surface area contributed by atoms with Crippen molar-refractivity contribution in [1.82, 2.24) is 3.11 Å². The van der Waals surface area contributed by atoms with E-state index in [1.165, 1.54) is 45.2 Å². The molecule has 1 heterocycles. The van der Waals surface area contributed by atoms with E-state index in [0.717, 1.165) is 0 Å².